The van der Waals surface area contributed by atoms with Crippen LogP contribution in [0.1, 0.15) is 65.7 Å². The molecule has 2 N–H and O–H groups in total. The van der Waals surface area contributed by atoms with Gasteiger partial charge in [0.25, 0.3) is 0 Å². The van der Waals surface area contributed by atoms with Crippen molar-refractivity contribution in [1.29, 1.82) is 0 Å². The van der Waals surface area contributed by atoms with Crippen LogP contribution in [0.25, 0.3) is 0 Å². The number of hydrogen-bond acceptors (Lipinski definition) is 3. The minimum absolute atomic E-state index is 0.169. The summed E-state index contributed by atoms with van der Waals surface area (Å²) in [4.78, 5) is 14.2. The molecule has 0 aromatic carbocycles. The maximum atomic E-state index is 12.3. The van der Waals surface area contributed by atoms with Crippen molar-refractivity contribution < 1.29 is 9.53 Å². The average Bonchev–Trinajstić information content (AvgIpc) is 2.77. The first-order valence-electron chi connectivity index (χ1n) is 7.60. The fourth-order valence-electron chi connectivity index (χ4n) is 3.45. The van der Waals surface area contributed by atoms with Gasteiger partial charge < -0.3 is 15.4 Å². The molecule has 1 aliphatic carbocycles. The van der Waals surface area contributed by atoms with E-state index in [0.717, 1.165) is 32.2 Å². The molecule has 1 saturated heterocycles. The van der Waals surface area contributed by atoms with Crippen LogP contribution in [0.2, 0.25) is 0 Å². The molecule has 1 saturated carbocycles. The van der Waals surface area contributed by atoms with Crippen LogP contribution >= 0.6 is 0 Å². The molecule has 0 bridgehead atoms. The first kappa shape index (κ1) is 14.6. The normalized spacial score (nSPS) is 27.4. The lowest BCUT2D eigenvalue weighted by molar-refractivity contribution is 0.0124. The predicted molar refractivity (Wildman–Crippen MR) is 76.0 cm³/mol. The molecule has 0 aromatic rings. The highest BCUT2D eigenvalue weighted by Crippen LogP contribution is 2.36. The summed E-state index contributed by atoms with van der Waals surface area (Å²) in [5, 5.41) is 0. The Balaban J connectivity index is 2.06. The molecule has 1 atom stereocenters. The Kier molecular flexibility index (Phi) is 4.09. The van der Waals surface area contributed by atoms with Crippen molar-refractivity contribution in [2.45, 2.75) is 82.9 Å². The molecular formula is C15H28N2O2. The number of hydrogen-bond donors (Lipinski definition) is 1. The second-order valence-corrected chi connectivity index (χ2v) is 7.13. The maximum absolute atomic E-state index is 12.3. The van der Waals surface area contributed by atoms with Crippen molar-refractivity contribution in [3.8, 4) is 0 Å². The van der Waals surface area contributed by atoms with E-state index in [4.69, 9.17) is 10.5 Å². The molecule has 1 heterocycles. The highest BCUT2D eigenvalue weighted by atomic mass is 16.6. The molecule has 2 fully saturated rings. The number of ether oxygens (including phenoxy) is 1. The molecule has 110 valence electrons. The second-order valence-electron chi connectivity index (χ2n) is 7.13. The van der Waals surface area contributed by atoms with Crippen molar-refractivity contribution in [3.63, 3.8) is 0 Å². The van der Waals surface area contributed by atoms with E-state index in [2.05, 4.69) is 0 Å². The molecule has 2 rings (SSSR count). The number of nitrogens with zero attached hydrogens (tertiary/aromatic N) is 1. The largest absolute Gasteiger partial charge is 0.444 e. The van der Waals surface area contributed by atoms with Crippen LogP contribution < -0.4 is 5.73 Å². The van der Waals surface area contributed by atoms with E-state index >= 15 is 0 Å². The molecule has 4 heteroatoms. The third kappa shape index (κ3) is 3.41. The van der Waals surface area contributed by atoms with E-state index in [1.165, 1.54) is 19.3 Å². The molecule has 0 spiro atoms. The number of carbonyl (C=O) groups excluding carboxylic acids is 1. The summed E-state index contributed by atoms with van der Waals surface area (Å²) in [7, 11) is 0. The van der Waals surface area contributed by atoms with Crippen molar-refractivity contribution in [2.75, 3.05) is 6.54 Å². The topological polar surface area (TPSA) is 55.6 Å². The minimum Gasteiger partial charge on any atom is -0.444 e. The molecule has 19 heavy (non-hydrogen) atoms. The Morgan fingerprint density at radius 3 is 2.42 bits per heavy atom. The summed E-state index contributed by atoms with van der Waals surface area (Å²) in [5.74, 6) is 0. The Bertz CT molecular complexity index is 330. The highest BCUT2D eigenvalue weighted by Gasteiger charge is 2.44. The van der Waals surface area contributed by atoms with Crippen LogP contribution in [-0.2, 0) is 4.74 Å². The number of carbonyl (C=O) groups is 1. The Hall–Kier alpha value is -0.770. The lowest BCUT2D eigenvalue weighted by Crippen LogP contribution is -2.58. The monoisotopic (exact) mass is 268 g/mol. The molecule has 0 radical (unpaired) electrons. The fourth-order valence-corrected chi connectivity index (χ4v) is 3.45. The Morgan fingerprint density at radius 2 is 1.84 bits per heavy atom. The zero-order chi connectivity index (χ0) is 14.1. The van der Waals surface area contributed by atoms with E-state index in [9.17, 15) is 4.79 Å². The molecule has 1 unspecified atom stereocenters. The van der Waals surface area contributed by atoms with Crippen LogP contribution in [0.4, 0.5) is 4.79 Å². The second kappa shape index (κ2) is 5.31. The number of likely N-dealkylation sites (tertiary alicyclic amines) is 1. The number of amides is 1. The van der Waals surface area contributed by atoms with Crippen LogP contribution in [0.15, 0.2) is 0 Å². The fraction of sp³-hybridized carbons (Fsp3) is 0.933. The molecule has 0 aromatic heterocycles. The minimum atomic E-state index is -0.432. The van der Waals surface area contributed by atoms with Gasteiger partial charge >= 0.3 is 6.09 Å². The average molecular weight is 268 g/mol. The van der Waals surface area contributed by atoms with Gasteiger partial charge in [0.1, 0.15) is 5.60 Å². The van der Waals surface area contributed by atoms with Crippen molar-refractivity contribution in [2.24, 2.45) is 5.73 Å². The summed E-state index contributed by atoms with van der Waals surface area (Å²) in [6.45, 7) is 6.52. The Labute approximate surface area is 116 Å². The summed E-state index contributed by atoms with van der Waals surface area (Å²) < 4.78 is 5.52. The zero-order valence-electron chi connectivity index (χ0n) is 12.6. The van der Waals surface area contributed by atoms with Gasteiger partial charge in [0.05, 0.1) is 6.04 Å². The van der Waals surface area contributed by atoms with Gasteiger partial charge in [-0.2, -0.15) is 0 Å². The van der Waals surface area contributed by atoms with E-state index in [1.54, 1.807) is 0 Å². The summed E-state index contributed by atoms with van der Waals surface area (Å²) in [6, 6.07) is 0.169. The van der Waals surface area contributed by atoms with Crippen molar-refractivity contribution >= 4 is 6.09 Å². The van der Waals surface area contributed by atoms with Crippen molar-refractivity contribution in [1.82, 2.24) is 4.90 Å². The number of nitrogens with two attached hydrogens (primary N) is 1. The zero-order valence-corrected chi connectivity index (χ0v) is 12.6. The van der Waals surface area contributed by atoms with Gasteiger partial charge in [-0.1, -0.05) is 19.3 Å². The van der Waals surface area contributed by atoms with Crippen molar-refractivity contribution in [3.05, 3.63) is 0 Å². The van der Waals surface area contributed by atoms with E-state index < -0.39 is 5.60 Å². The smallest absolute Gasteiger partial charge is 0.410 e. The van der Waals surface area contributed by atoms with E-state index in [1.807, 2.05) is 25.7 Å². The van der Waals surface area contributed by atoms with Gasteiger partial charge in [0.15, 0.2) is 0 Å². The van der Waals surface area contributed by atoms with Crippen LogP contribution in [0.3, 0.4) is 0 Å². The van der Waals surface area contributed by atoms with Gasteiger partial charge in [-0.05, 0) is 46.5 Å². The standard InChI is InChI=1S/C15H28N2O2/c1-14(2,3)19-13(18)17-11-7-8-12(17)15(16)9-5-4-6-10-15/h12H,4-11,16H2,1-3H3. The number of rotatable bonds is 1. The SMILES string of the molecule is CC(C)(C)OC(=O)N1CCCC1C1(N)CCCCC1. The molecule has 1 amide bonds. The van der Waals surface area contributed by atoms with Gasteiger partial charge in [-0.15, -0.1) is 0 Å². The first-order valence-corrected chi connectivity index (χ1v) is 7.60. The van der Waals surface area contributed by atoms with Gasteiger partial charge in [-0.3, -0.25) is 0 Å². The molecule has 4 nitrogen and oxygen atoms in total. The van der Waals surface area contributed by atoms with Gasteiger partial charge in [0, 0.05) is 12.1 Å². The summed E-state index contributed by atoms with van der Waals surface area (Å²) in [6.07, 6.45) is 7.61. The predicted octanol–water partition coefficient (Wildman–Crippen LogP) is 3.05. The molecule has 2 aliphatic rings. The third-order valence-corrected chi connectivity index (χ3v) is 4.33. The maximum Gasteiger partial charge on any atom is 0.410 e. The Morgan fingerprint density at radius 1 is 1.21 bits per heavy atom. The quantitative estimate of drug-likeness (QED) is 0.795. The van der Waals surface area contributed by atoms with E-state index in [0.29, 0.717) is 0 Å². The van der Waals surface area contributed by atoms with Crippen LogP contribution in [0.5, 0.6) is 0 Å². The molecule has 1 aliphatic heterocycles. The third-order valence-electron chi connectivity index (χ3n) is 4.33. The van der Waals surface area contributed by atoms with Crippen LogP contribution in [0, 0.1) is 0 Å². The van der Waals surface area contributed by atoms with E-state index in [-0.39, 0.29) is 17.7 Å². The summed E-state index contributed by atoms with van der Waals surface area (Å²) >= 11 is 0. The highest BCUT2D eigenvalue weighted by molar-refractivity contribution is 5.69. The van der Waals surface area contributed by atoms with Crippen LogP contribution in [-0.4, -0.2) is 34.7 Å². The van der Waals surface area contributed by atoms with Gasteiger partial charge in [-0.25, -0.2) is 4.79 Å². The molecular weight excluding hydrogens is 240 g/mol. The van der Waals surface area contributed by atoms with Gasteiger partial charge in [0.2, 0.25) is 0 Å². The lowest BCUT2D eigenvalue weighted by Gasteiger charge is -2.43. The summed E-state index contributed by atoms with van der Waals surface area (Å²) in [5.41, 5.74) is 5.99. The first-order chi connectivity index (χ1) is 8.82. The lowest BCUT2D eigenvalue weighted by atomic mass is 9.76.